The van der Waals surface area contributed by atoms with Gasteiger partial charge in [0.1, 0.15) is 5.75 Å². The largest absolute Gasteiger partial charge is 0.497 e. The molecule has 0 amide bonds. The number of anilines is 2. The van der Waals surface area contributed by atoms with Gasteiger partial charge in [0.2, 0.25) is 5.89 Å². The molecule has 0 unspecified atom stereocenters. The van der Waals surface area contributed by atoms with Crippen LogP contribution in [0.2, 0.25) is 0 Å². The lowest BCUT2D eigenvalue weighted by Gasteiger charge is -2.14. The molecular weight excluding hydrogens is 254 g/mol. The molecule has 18 heavy (non-hydrogen) atoms. The van der Waals surface area contributed by atoms with Gasteiger partial charge in [-0.15, -0.1) is 16.7 Å². The highest BCUT2D eigenvalue weighted by atomic mass is 35.5. The fourth-order valence-electron chi connectivity index (χ4n) is 1.48. The molecule has 0 spiro atoms. The Morgan fingerprint density at radius 3 is 2.61 bits per heavy atom. The number of alkyl halides is 1. The molecule has 0 aliphatic carbocycles. The predicted molar refractivity (Wildman–Crippen MR) is 69.8 cm³/mol. The molecule has 0 aliphatic heterocycles. The monoisotopic (exact) mass is 267 g/mol. The van der Waals surface area contributed by atoms with E-state index in [2.05, 4.69) is 10.2 Å². The van der Waals surface area contributed by atoms with Crippen molar-refractivity contribution < 1.29 is 9.15 Å². The van der Waals surface area contributed by atoms with E-state index < -0.39 is 0 Å². The summed E-state index contributed by atoms with van der Waals surface area (Å²) in [5.41, 5.74) is 0.942. The van der Waals surface area contributed by atoms with E-state index >= 15 is 0 Å². The van der Waals surface area contributed by atoms with Crippen LogP contribution in [-0.2, 0) is 6.42 Å². The van der Waals surface area contributed by atoms with Crippen molar-refractivity contribution in [1.82, 2.24) is 10.2 Å². The van der Waals surface area contributed by atoms with Gasteiger partial charge in [0.05, 0.1) is 7.11 Å². The van der Waals surface area contributed by atoms with E-state index in [0.717, 1.165) is 11.4 Å². The third-order valence-electron chi connectivity index (χ3n) is 2.51. The number of hydrogen-bond acceptors (Lipinski definition) is 5. The first-order chi connectivity index (χ1) is 8.74. The number of nitrogens with zero attached hydrogens (tertiary/aromatic N) is 3. The SMILES string of the molecule is COc1ccc(N(C)c2nnc(CCCl)o2)cc1. The van der Waals surface area contributed by atoms with E-state index in [-0.39, 0.29) is 0 Å². The Balaban J connectivity index is 2.15. The second-order valence-electron chi connectivity index (χ2n) is 3.67. The molecule has 5 nitrogen and oxygen atoms in total. The molecule has 0 saturated heterocycles. The molecule has 0 aliphatic rings. The first-order valence-electron chi connectivity index (χ1n) is 5.50. The van der Waals surface area contributed by atoms with Gasteiger partial charge in [0.25, 0.3) is 0 Å². The van der Waals surface area contributed by atoms with Crippen molar-refractivity contribution in [3.63, 3.8) is 0 Å². The van der Waals surface area contributed by atoms with Gasteiger partial charge < -0.3 is 9.15 Å². The van der Waals surface area contributed by atoms with E-state index in [4.69, 9.17) is 20.8 Å². The van der Waals surface area contributed by atoms with Crippen LogP contribution < -0.4 is 9.64 Å². The summed E-state index contributed by atoms with van der Waals surface area (Å²) < 4.78 is 10.6. The normalized spacial score (nSPS) is 10.4. The van der Waals surface area contributed by atoms with E-state index in [1.807, 2.05) is 36.2 Å². The number of aryl methyl sites for hydroxylation is 1. The number of aromatic nitrogens is 2. The smallest absolute Gasteiger partial charge is 0.322 e. The van der Waals surface area contributed by atoms with E-state index in [1.54, 1.807) is 7.11 Å². The topological polar surface area (TPSA) is 51.4 Å². The lowest BCUT2D eigenvalue weighted by atomic mass is 10.3. The molecule has 1 aromatic carbocycles. The zero-order valence-corrected chi connectivity index (χ0v) is 11.0. The molecule has 0 fully saturated rings. The van der Waals surface area contributed by atoms with Crippen LogP contribution in [0.25, 0.3) is 0 Å². The number of halogens is 1. The van der Waals surface area contributed by atoms with Crippen LogP contribution in [-0.4, -0.2) is 30.2 Å². The Morgan fingerprint density at radius 1 is 1.28 bits per heavy atom. The highest BCUT2D eigenvalue weighted by Gasteiger charge is 2.12. The average molecular weight is 268 g/mol. The third kappa shape index (κ3) is 2.73. The van der Waals surface area contributed by atoms with Crippen LogP contribution in [0, 0.1) is 0 Å². The standard InChI is InChI=1S/C12H14ClN3O2/c1-16(9-3-5-10(17-2)6-4-9)12-15-14-11(18-12)7-8-13/h3-6H,7-8H2,1-2H3. The number of benzene rings is 1. The maximum Gasteiger partial charge on any atom is 0.322 e. The molecule has 2 aromatic rings. The number of rotatable bonds is 5. The van der Waals surface area contributed by atoms with Gasteiger partial charge in [0, 0.05) is 25.0 Å². The summed E-state index contributed by atoms with van der Waals surface area (Å²) >= 11 is 5.62. The summed E-state index contributed by atoms with van der Waals surface area (Å²) in [5, 5.41) is 7.89. The highest BCUT2D eigenvalue weighted by molar-refractivity contribution is 6.17. The van der Waals surface area contributed by atoms with Crippen LogP contribution in [0.5, 0.6) is 5.75 Å². The Labute approximate surface area is 110 Å². The Kier molecular flexibility index (Phi) is 4.04. The molecule has 0 saturated carbocycles. The summed E-state index contributed by atoms with van der Waals surface area (Å²) in [5.74, 6) is 1.81. The van der Waals surface area contributed by atoms with Crippen LogP contribution >= 0.6 is 11.6 Å². The average Bonchev–Trinajstić information content (AvgIpc) is 2.87. The number of methoxy groups -OCH3 is 1. The summed E-state index contributed by atoms with van der Waals surface area (Å²) in [6.07, 6.45) is 0.574. The molecule has 0 atom stereocenters. The predicted octanol–water partition coefficient (Wildman–Crippen LogP) is 2.63. The van der Waals surface area contributed by atoms with Crippen LogP contribution in [0.3, 0.4) is 0 Å². The molecule has 0 bridgehead atoms. The Hall–Kier alpha value is -1.75. The fourth-order valence-corrected chi connectivity index (χ4v) is 1.64. The first-order valence-corrected chi connectivity index (χ1v) is 6.04. The lowest BCUT2D eigenvalue weighted by molar-refractivity contribution is 0.415. The van der Waals surface area contributed by atoms with Crippen molar-refractivity contribution in [1.29, 1.82) is 0 Å². The van der Waals surface area contributed by atoms with Crippen molar-refractivity contribution in [2.24, 2.45) is 0 Å². The van der Waals surface area contributed by atoms with Gasteiger partial charge in [-0.3, -0.25) is 4.90 Å². The first kappa shape index (κ1) is 12.7. The molecular formula is C12H14ClN3O2. The highest BCUT2D eigenvalue weighted by Crippen LogP contribution is 2.24. The lowest BCUT2D eigenvalue weighted by Crippen LogP contribution is -2.09. The van der Waals surface area contributed by atoms with Crippen molar-refractivity contribution in [3.8, 4) is 5.75 Å². The quantitative estimate of drug-likeness (QED) is 0.780. The van der Waals surface area contributed by atoms with Crippen LogP contribution in [0.4, 0.5) is 11.7 Å². The van der Waals surface area contributed by atoms with Crippen molar-refractivity contribution in [3.05, 3.63) is 30.2 Å². The van der Waals surface area contributed by atoms with E-state index in [1.165, 1.54) is 0 Å². The Bertz CT molecular complexity index is 498. The zero-order chi connectivity index (χ0) is 13.0. The summed E-state index contributed by atoms with van der Waals surface area (Å²) in [6, 6.07) is 8.04. The van der Waals surface area contributed by atoms with Gasteiger partial charge >= 0.3 is 6.01 Å². The van der Waals surface area contributed by atoms with Gasteiger partial charge in [-0.2, -0.15) is 0 Å². The molecule has 0 N–H and O–H groups in total. The number of ether oxygens (including phenoxy) is 1. The summed E-state index contributed by atoms with van der Waals surface area (Å²) in [7, 11) is 3.49. The van der Waals surface area contributed by atoms with Gasteiger partial charge in [0.15, 0.2) is 0 Å². The van der Waals surface area contributed by atoms with Gasteiger partial charge in [-0.25, -0.2) is 0 Å². The molecule has 1 heterocycles. The molecule has 2 rings (SSSR count). The second-order valence-corrected chi connectivity index (χ2v) is 4.05. The van der Waals surface area contributed by atoms with Crippen LogP contribution in [0.1, 0.15) is 5.89 Å². The minimum absolute atomic E-state index is 0.445. The molecule has 96 valence electrons. The number of hydrogen-bond donors (Lipinski definition) is 0. The minimum atomic E-state index is 0.445. The van der Waals surface area contributed by atoms with Crippen molar-refractivity contribution in [2.45, 2.75) is 6.42 Å². The Morgan fingerprint density at radius 2 is 2.00 bits per heavy atom. The van der Waals surface area contributed by atoms with Gasteiger partial charge in [-0.05, 0) is 24.3 Å². The second kappa shape index (κ2) is 5.73. The van der Waals surface area contributed by atoms with E-state index in [0.29, 0.717) is 24.2 Å². The molecule has 6 heteroatoms. The van der Waals surface area contributed by atoms with E-state index in [9.17, 15) is 0 Å². The summed E-state index contributed by atoms with van der Waals surface area (Å²) in [6.45, 7) is 0. The molecule has 0 radical (unpaired) electrons. The summed E-state index contributed by atoms with van der Waals surface area (Å²) in [4.78, 5) is 1.81. The zero-order valence-electron chi connectivity index (χ0n) is 10.3. The van der Waals surface area contributed by atoms with Gasteiger partial charge in [-0.1, -0.05) is 5.10 Å². The minimum Gasteiger partial charge on any atom is -0.497 e. The molecule has 1 aromatic heterocycles. The van der Waals surface area contributed by atoms with Crippen molar-refractivity contribution >= 4 is 23.3 Å². The maximum absolute atomic E-state index is 5.62. The maximum atomic E-state index is 5.62. The third-order valence-corrected chi connectivity index (χ3v) is 2.70. The fraction of sp³-hybridized carbons (Fsp3) is 0.333. The van der Waals surface area contributed by atoms with Crippen molar-refractivity contribution in [2.75, 3.05) is 24.9 Å². The van der Waals surface area contributed by atoms with Crippen LogP contribution in [0.15, 0.2) is 28.7 Å².